The summed E-state index contributed by atoms with van der Waals surface area (Å²) < 4.78 is 27.4. The van der Waals surface area contributed by atoms with Crippen LogP contribution in [0.1, 0.15) is 28.8 Å². The Bertz CT molecular complexity index is 1160. The monoisotopic (exact) mass is 451 g/mol. The Labute approximate surface area is 187 Å². The highest BCUT2D eigenvalue weighted by Gasteiger charge is 2.14. The lowest BCUT2D eigenvalue weighted by atomic mass is 10.2. The molecule has 0 spiro atoms. The normalized spacial score (nSPS) is 10.9. The Morgan fingerprint density at radius 1 is 0.812 bits per heavy atom. The Hall–Kier alpha value is -3.65. The van der Waals surface area contributed by atoms with Crippen LogP contribution in [0, 0.1) is 6.92 Å². The van der Waals surface area contributed by atoms with Crippen molar-refractivity contribution in [2.45, 2.75) is 24.7 Å². The van der Waals surface area contributed by atoms with E-state index in [4.69, 9.17) is 0 Å². The Kier molecular flexibility index (Phi) is 7.62. The standard InChI is InChI=1S/C24H25N3O4S/c1-18-9-15-22(16-10-18)32(30,31)27-21-13-11-20(12-14-21)26-23(28)8-5-17-25-24(29)19-6-3-2-4-7-19/h2-4,6-7,9-16,27H,5,8,17H2,1H3,(H,25,29)(H,26,28). The van der Waals surface area contributed by atoms with Crippen molar-refractivity contribution >= 4 is 33.2 Å². The van der Waals surface area contributed by atoms with Gasteiger partial charge in [-0.3, -0.25) is 14.3 Å². The fraction of sp³-hybridized carbons (Fsp3) is 0.167. The molecule has 3 aromatic carbocycles. The molecule has 0 unspecified atom stereocenters. The van der Waals surface area contributed by atoms with E-state index in [0.717, 1.165) is 5.56 Å². The number of carbonyl (C=O) groups is 2. The molecule has 8 heteroatoms. The number of rotatable bonds is 9. The third kappa shape index (κ3) is 6.68. The first-order chi connectivity index (χ1) is 15.3. The second kappa shape index (κ2) is 10.6. The number of nitrogens with one attached hydrogen (secondary N) is 3. The molecule has 0 fully saturated rings. The van der Waals surface area contributed by atoms with Crippen LogP contribution in [-0.4, -0.2) is 26.8 Å². The van der Waals surface area contributed by atoms with Gasteiger partial charge >= 0.3 is 0 Å². The van der Waals surface area contributed by atoms with Gasteiger partial charge in [0.25, 0.3) is 15.9 Å². The van der Waals surface area contributed by atoms with Crippen molar-refractivity contribution in [1.29, 1.82) is 0 Å². The van der Waals surface area contributed by atoms with E-state index < -0.39 is 10.0 Å². The molecular weight excluding hydrogens is 426 g/mol. The quantitative estimate of drug-likeness (QED) is 0.429. The van der Waals surface area contributed by atoms with Crippen LogP contribution >= 0.6 is 0 Å². The fourth-order valence-electron chi connectivity index (χ4n) is 2.92. The highest BCUT2D eigenvalue weighted by atomic mass is 32.2. The maximum Gasteiger partial charge on any atom is 0.261 e. The fourth-order valence-corrected chi connectivity index (χ4v) is 3.98. The molecule has 7 nitrogen and oxygen atoms in total. The predicted molar refractivity (Wildman–Crippen MR) is 125 cm³/mol. The van der Waals surface area contributed by atoms with E-state index in [9.17, 15) is 18.0 Å². The topological polar surface area (TPSA) is 104 Å². The minimum absolute atomic E-state index is 0.172. The summed E-state index contributed by atoms with van der Waals surface area (Å²) in [6.07, 6.45) is 0.746. The third-order valence-corrected chi connectivity index (χ3v) is 6.05. The van der Waals surface area contributed by atoms with Crippen LogP contribution < -0.4 is 15.4 Å². The molecule has 0 heterocycles. The summed E-state index contributed by atoms with van der Waals surface area (Å²) in [5.41, 5.74) is 2.51. The van der Waals surface area contributed by atoms with Crippen molar-refractivity contribution in [3.05, 3.63) is 90.0 Å². The number of aryl methyl sites for hydroxylation is 1. The SMILES string of the molecule is Cc1ccc(S(=O)(=O)Nc2ccc(NC(=O)CCCNC(=O)c3ccccc3)cc2)cc1. The first-order valence-electron chi connectivity index (χ1n) is 10.2. The van der Waals surface area contributed by atoms with Gasteiger partial charge in [0.05, 0.1) is 4.90 Å². The van der Waals surface area contributed by atoms with Crippen LogP contribution in [0.2, 0.25) is 0 Å². The number of benzene rings is 3. The molecule has 0 aromatic heterocycles. The van der Waals surface area contributed by atoms with Crippen LogP contribution in [0.15, 0.2) is 83.8 Å². The van der Waals surface area contributed by atoms with Gasteiger partial charge in [0.2, 0.25) is 5.91 Å². The highest BCUT2D eigenvalue weighted by Crippen LogP contribution is 2.19. The maximum atomic E-state index is 12.5. The maximum absolute atomic E-state index is 12.5. The van der Waals surface area contributed by atoms with Gasteiger partial charge in [-0.1, -0.05) is 35.9 Å². The molecule has 0 aliphatic carbocycles. The van der Waals surface area contributed by atoms with Gasteiger partial charge < -0.3 is 10.6 Å². The van der Waals surface area contributed by atoms with Gasteiger partial charge in [0.15, 0.2) is 0 Å². The minimum atomic E-state index is -3.68. The van der Waals surface area contributed by atoms with E-state index in [1.165, 1.54) is 0 Å². The van der Waals surface area contributed by atoms with E-state index in [1.54, 1.807) is 72.8 Å². The molecule has 0 atom stereocenters. The number of hydrogen-bond donors (Lipinski definition) is 3. The Morgan fingerprint density at radius 2 is 1.44 bits per heavy atom. The number of hydrogen-bond acceptors (Lipinski definition) is 4. The zero-order valence-electron chi connectivity index (χ0n) is 17.7. The molecule has 3 rings (SSSR count). The van der Waals surface area contributed by atoms with Crippen LogP contribution in [0.25, 0.3) is 0 Å². The first kappa shape index (κ1) is 23.0. The zero-order valence-corrected chi connectivity index (χ0v) is 18.5. The smallest absolute Gasteiger partial charge is 0.261 e. The molecule has 0 saturated carbocycles. The van der Waals surface area contributed by atoms with Crippen molar-refractivity contribution in [3.63, 3.8) is 0 Å². The lowest BCUT2D eigenvalue weighted by Crippen LogP contribution is -2.25. The van der Waals surface area contributed by atoms with Crippen LogP contribution in [0.3, 0.4) is 0 Å². The van der Waals surface area contributed by atoms with Crippen molar-refractivity contribution < 1.29 is 18.0 Å². The predicted octanol–water partition coefficient (Wildman–Crippen LogP) is 3.94. The summed E-state index contributed by atoms with van der Waals surface area (Å²) in [6, 6.07) is 21.9. The second-order valence-electron chi connectivity index (χ2n) is 7.27. The average Bonchev–Trinajstić information content (AvgIpc) is 2.78. The Morgan fingerprint density at radius 3 is 2.09 bits per heavy atom. The van der Waals surface area contributed by atoms with Crippen molar-refractivity contribution in [1.82, 2.24) is 5.32 Å². The van der Waals surface area contributed by atoms with E-state index in [1.807, 2.05) is 13.0 Å². The molecule has 3 N–H and O–H groups in total. The largest absolute Gasteiger partial charge is 0.352 e. The molecule has 166 valence electrons. The van der Waals surface area contributed by atoms with E-state index in [0.29, 0.717) is 29.9 Å². The summed E-state index contributed by atoms with van der Waals surface area (Å²) in [5, 5.41) is 5.54. The summed E-state index contributed by atoms with van der Waals surface area (Å²) in [7, 11) is -3.68. The molecule has 0 aliphatic rings. The Balaban J connectivity index is 1.44. The lowest BCUT2D eigenvalue weighted by Gasteiger charge is -2.10. The molecule has 2 amide bonds. The summed E-state index contributed by atoms with van der Waals surface area (Å²) in [6.45, 7) is 2.28. The molecule has 0 aliphatic heterocycles. The molecular formula is C24H25N3O4S. The van der Waals surface area contributed by atoms with Crippen molar-refractivity contribution in [2.24, 2.45) is 0 Å². The average molecular weight is 452 g/mol. The van der Waals surface area contributed by atoms with Crippen molar-refractivity contribution in [2.75, 3.05) is 16.6 Å². The van der Waals surface area contributed by atoms with Gasteiger partial charge in [-0.05, 0) is 61.9 Å². The van der Waals surface area contributed by atoms with Crippen molar-refractivity contribution in [3.8, 4) is 0 Å². The first-order valence-corrected chi connectivity index (χ1v) is 11.6. The van der Waals surface area contributed by atoms with Gasteiger partial charge in [0.1, 0.15) is 0 Å². The third-order valence-electron chi connectivity index (χ3n) is 4.65. The highest BCUT2D eigenvalue weighted by molar-refractivity contribution is 7.92. The number of carbonyl (C=O) groups excluding carboxylic acids is 2. The summed E-state index contributed by atoms with van der Waals surface area (Å²) in [4.78, 5) is 24.3. The van der Waals surface area contributed by atoms with Gasteiger partial charge in [-0.25, -0.2) is 8.42 Å². The zero-order chi connectivity index (χ0) is 23.0. The van der Waals surface area contributed by atoms with Gasteiger partial charge in [-0.15, -0.1) is 0 Å². The number of sulfonamides is 1. The van der Waals surface area contributed by atoms with Crippen LogP contribution in [0.5, 0.6) is 0 Å². The second-order valence-corrected chi connectivity index (χ2v) is 8.95. The lowest BCUT2D eigenvalue weighted by molar-refractivity contribution is -0.116. The number of amides is 2. The minimum Gasteiger partial charge on any atom is -0.352 e. The van der Waals surface area contributed by atoms with Gasteiger partial charge in [-0.2, -0.15) is 0 Å². The molecule has 32 heavy (non-hydrogen) atoms. The van der Waals surface area contributed by atoms with E-state index in [-0.39, 0.29) is 23.1 Å². The van der Waals surface area contributed by atoms with E-state index in [2.05, 4.69) is 15.4 Å². The van der Waals surface area contributed by atoms with Crippen LogP contribution in [-0.2, 0) is 14.8 Å². The van der Waals surface area contributed by atoms with Crippen LogP contribution in [0.4, 0.5) is 11.4 Å². The number of anilines is 2. The van der Waals surface area contributed by atoms with Gasteiger partial charge in [0, 0.05) is 29.9 Å². The summed E-state index contributed by atoms with van der Waals surface area (Å²) >= 11 is 0. The molecule has 0 saturated heterocycles. The van der Waals surface area contributed by atoms with E-state index >= 15 is 0 Å². The molecule has 0 bridgehead atoms. The molecule has 3 aromatic rings. The summed E-state index contributed by atoms with van der Waals surface area (Å²) in [5.74, 6) is -0.360. The molecule has 0 radical (unpaired) electrons.